The highest BCUT2D eigenvalue weighted by Gasteiger charge is 2.16. The molecule has 178 valence electrons. The zero-order chi connectivity index (χ0) is 24.7. The summed E-state index contributed by atoms with van der Waals surface area (Å²) < 4.78 is 2.13. The average molecular weight is 511 g/mol. The van der Waals surface area contributed by atoms with E-state index < -0.39 is 0 Å². The number of aromatic nitrogens is 3. The highest BCUT2D eigenvalue weighted by atomic mass is 35.5. The lowest BCUT2D eigenvalue weighted by Crippen LogP contribution is -2.11. The molecule has 5 rings (SSSR count). The highest BCUT2D eigenvalue weighted by Crippen LogP contribution is 2.28. The predicted octanol–water partition coefficient (Wildman–Crippen LogP) is 7.19. The summed E-state index contributed by atoms with van der Waals surface area (Å²) in [7, 11) is 0. The summed E-state index contributed by atoms with van der Waals surface area (Å²) in [6.45, 7) is 0.651. The first kappa shape index (κ1) is 23.9. The Morgan fingerprint density at radius 1 is 0.778 bits per heavy atom. The zero-order valence-corrected chi connectivity index (χ0v) is 20.9. The summed E-state index contributed by atoms with van der Waals surface area (Å²) in [6, 6.07) is 35.0. The Labute approximate surface area is 219 Å². The molecule has 0 radical (unpaired) electrons. The molecule has 0 fully saturated rings. The maximum Gasteiger partial charge on any atom is 0.255 e. The monoisotopic (exact) mass is 510 g/mol. The molecule has 1 amide bonds. The quantitative estimate of drug-likeness (QED) is 0.224. The van der Waals surface area contributed by atoms with Gasteiger partial charge in [0.05, 0.1) is 6.54 Å². The van der Waals surface area contributed by atoms with Crippen molar-refractivity contribution in [3.05, 3.63) is 131 Å². The molecule has 4 aromatic carbocycles. The lowest BCUT2D eigenvalue weighted by Gasteiger charge is -2.11. The van der Waals surface area contributed by atoms with Gasteiger partial charge in [-0.05, 0) is 59.7 Å². The van der Waals surface area contributed by atoms with Gasteiger partial charge in [0.2, 0.25) is 0 Å². The van der Waals surface area contributed by atoms with Crippen LogP contribution in [0.1, 0.15) is 21.5 Å². The van der Waals surface area contributed by atoms with Crippen molar-refractivity contribution in [1.82, 2.24) is 14.8 Å². The van der Waals surface area contributed by atoms with Crippen molar-refractivity contribution in [3.8, 4) is 11.4 Å². The van der Waals surface area contributed by atoms with Gasteiger partial charge in [0, 0.05) is 27.6 Å². The van der Waals surface area contributed by atoms with Crippen molar-refractivity contribution in [3.63, 3.8) is 0 Å². The molecule has 0 aliphatic heterocycles. The number of anilines is 1. The second-order valence-electron chi connectivity index (χ2n) is 8.19. The Balaban J connectivity index is 1.38. The first-order chi connectivity index (χ1) is 17.7. The second kappa shape index (κ2) is 11.2. The van der Waals surface area contributed by atoms with E-state index in [9.17, 15) is 4.79 Å². The van der Waals surface area contributed by atoms with E-state index in [2.05, 4.69) is 32.2 Å². The van der Waals surface area contributed by atoms with Crippen LogP contribution in [0.4, 0.5) is 5.69 Å². The molecule has 36 heavy (non-hydrogen) atoms. The van der Waals surface area contributed by atoms with E-state index in [1.165, 1.54) is 11.1 Å². The van der Waals surface area contributed by atoms with Crippen LogP contribution in [0.2, 0.25) is 5.02 Å². The molecular weight excluding hydrogens is 488 g/mol. The number of hydrogen-bond acceptors (Lipinski definition) is 4. The Hall–Kier alpha value is -3.87. The smallest absolute Gasteiger partial charge is 0.255 e. The van der Waals surface area contributed by atoms with E-state index in [-0.39, 0.29) is 5.91 Å². The van der Waals surface area contributed by atoms with Gasteiger partial charge in [0.15, 0.2) is 11.0 Å². The van der Waals surface area contributed by atoms with Crippen LogP contribution < -0.4 is 5.32 Å². The first-order valence-electron chi connectivity index (χ1n) is 11.5. The van der Waals surface area contributed by atoms with Crippen LogP contribution >= 0.6 is 23.4 Å². The third kappa shape index (κ3) is 5.85. The van der Waals surface area contributed by atoms with Gasteiger partial charge in [-0.3, -0.25) is 9.36 Å². The number of nitrogens with one attached hydrogen (secondary N) is 1. The first-order valence-corrected chi connectivity index (χ1v) is 12.8. The van der Waals surface area contributed by atoms with Gasteiger partial charge < -0.3 is 5.32 Å². The number of nitrogens with zero attached hydrogens (tertiary/aromatic N) is 3. The summed E-state index contributed by atoms with van der Waals surface area (Å²) in [6.07, 6.45) is 0. The normalized spacial score (nSPS) is 10.8. The van der Waals surface area contributed by atoms with Crippen molar-refractivity contribution in [2.45, 2.75) is 17.5 Å². The number of benzene rings is 4. The Morgan fingerprint density at radius 2 is 1.44 bits per heavy atom. The van der Waals surface area contributed by atoms with Crippen LogP contribution in [0.25, 0.3) is 11.4 Å². The van der Waals surface area contributed by atoms with E-state index >= 15 is 0 Å². The lowest BCUT2D eigenvalue weighted by molar-refractivity contribution is 0.102. The molecule has 0 aliphatic carbocycles. The van der Waals surface area contributed by atoms with Crippen LogP contribution in [0.5, 0.6) is 0 Å². The molecular formula is C29H23ClN4OS. The van der Waals surface area contributed by atoms with Gasteiger partial charge in [-0.15, -0.1) is 10.2 Å². The Morgan fingerprint density at radius 3 is 2.14 bits per heavy atom. The van der Waals surface area contributed by atoms with Gasteiger partial charge >= 0.3 is 0 Å². The number of carbonyl (C=O) groups excluding carboxylic acids is 1. The van der Waals surface area contributed by atoms with E-state index in [1.807, 2.05) is 84.9 Å². The van der Waals surface area contributed by atoms with E-state index in [1.54, 1.807) is 23.9 Å². The minimum absolute atomic E-state index is 0.142. The SMILES string of the molecule is O=C(Nc1ccc(-c2nnc(SCc3ccc(Cl)cc3)n2Cc2ccccc2)cc1)c1ccccc1. The summed E-state index contributed by atoms with van der Waals surface area (Å²) >= 11 is 7.67. The fraction of sp³-hybridized carbons (Fsp3) is 0.0690. The fourth-order valence-corrected chi connectivity index (χ4v) is 4.76. The Bertz CT molecular complexity index is 1440. The van der Waals surface area contributed by atoms with Crippen molar-refractivity contribution >= 4 is 35.0 Å². The van der Waals surface area contributed by atoms with E-state index in [4.69, 9.17) is 11.6 Å². The molecule has 1 heterocycles. The molecule has 1 aromatic heterocycles. The summed E-state index contributed by atoms with van der Waals surface area (Å²) in [4.78, 5) is 12.5. The number of halogens is 1. The minimum atomic E-state index is -0.142. The number of carbonyl (C=O) groups is 1. The molecule has 5 aromatic rings. The summed E-state index contributed by atoms with van der Waals surface area (Å²) in [5.74, 6) is 1.39. The Kier molecular flexibility index (Phi) is 7.45. The molecule has 5 nitrogen and oxygen atoms in total. The predicted molar refractivity (Wildman–Crippen MR) is 146 cm³/mol. The van der Waals surface area contributed by atoms with E-state index in [0.29, 0.717) is 12.1 Å². The summed E-state index contributed by atoms with van der Waals surface area (Å²) in [5, 5.41) is 13.5. The number of rotatable bonds is 8. The molecule has 0 spiro atoms. The van der Waals surface area contributed by atoms with Crippen LogP contribution in [0, 0.1) is 0 Å². The summed E-state index contributed by atoms with van der Waals surface area (Å²) in [5.41, 5.74) is 4.59. The fourth-order valence-electron chi connectivity index (χ4n) is 3.74. The molecule has 0 saturated heterocycles. The van der Waals surface area contributed by atoms with Gasteiger partial charge in [-0.1, -0.05) is 84.0 Å². The molecule has 0 atom stereocenters. The maximum atomic E-state index is 12.5. The van der Waals surface area contributed by atoms with Crippen molar-refractivity contribution in [2.24, 2.45) is 0 Å². The number of thioether (sulfide) groups is 1. The second-order valence-corrected chi connectivity index (χ2v) is 9.57. The molecule has 1 N–H and O–H groups in total. The largest absolute Gasteiger partial charge is 0.322 e. The van der Waals surface area contributed by atoms with Gasteiger partial charge in [-0.2, -0.15) is 0 Å². The minimum Gasteiger partial charge on any atom is -0.322 e. The van der Waals surface area contributed by atoms with Crippen LogP contribution in [0.3, 0.4) is 0 Å². The van der Waals surface area contributed by atoms with Crippen molar-refractivity contribution in [1.29, 1.82) is 0 Å². The standard InChI is InChI=1S/C29H23ClN4OS/c30-25-15-11-22(12-16-25)20-36-29-33-32-27(34(29)19-21-7-3-1-4-8-21)23-13-17-26(18-14-23)31-28(35)24-9-5-2-6-10-24/h1-18H,19-20H2,(H,31,35). The third-order valence-corrected chi connectivity index (χ3v) is 6.91. The van der Waals surface area contributed by atoms with Crippen LogP contribution in [-0.4, -0.2) is 20.7 Å². The third-order valence-electron chi connectivity index (χ3n) is 5.62. The number of amides is 1. The molecule has 0 bridgehead atoms. The van der Waals surface area contributed by atoms with Crippen LogP contribution in [0.15, 0.2) is 114 Å². The molecule has 0 aliphatic rings. The van der Waals surface area contributed by atoms with Crippen LogP contribution in [-0.2, 0) is 12.3 Å². The van der Waals surface area contributed by atoms with Crippen molar-refractivity contribution < 1.29 is 4.79 Å². The highest BCUT2D eigenvalue weighted by molar-refractivity contribution is 7.98. The maximum absolute atomic E-state index is 12.5. The van der Waals surface area contributed by atoms with Gasteiger partial charge in [0.25, 0.3) is 5.91 Å². The van der Waals surface area contributed by atoms with Gasteiger partial charge in [0.1, 0.15) is 0 Å². The average Bonchev–Trinajstić information content (AvgIpc) is 3.32. The zero-order valence-electron chi connectivity index (χ0n) is 19.3. The van der Waals surface area contributed by atoms with Crippen molar-refractivity contribution in [2.75, 3.05) is 5.32 Å². The molecule has 0 unspecified atom stereocenters. The molecule has 7 heteroatoms. The van der Waals surface area contributed by atoms with Gasteiger partial charge in [-0.25, -0.2) is 0 Å². The topological polar surface area (TPSA) is 59.8 Å². The number of hydrogen-bond donors (Lipinski definition) is 1. The lowest BCUT2D eigenvalue weighted by atomic mass is 10.1. The van der Waals surface area contributed by atoms with E-state index in [0.717, 1.165) is 33.0 Å². The molecule has 0 saturated carbocycles.